The fourth-order valence-electron chi connectivity index (χ4n) is 3.62. The van der Waals surface area contributed by atoms with E-state index in [0.29, 0.717) is 23.0 Å². The van der Waals surface area contributed by atoms with Crippen LogP contribution in [0.1, 0.15) is 35.2 Å². The lowest BCUT2D eigenvalue weighted by atomic mass is 10.1. The van der Waals surface area contributed by atoms with Crippen LogP contribution >= 0.6 is 0 Å². The van der Waals surface area contributed by atoms with Crippen molar-refractivity contribution >= 4 is 22.8 Å². The molecule has 0 spiro atoms. The molecule has 0 atom stereocenters. The van der Waals surface area contributed by atoms with Crippen LogP contribution in [0.25, 0.3) is 10.9 Å². The van der Waals surface area contributed by atoms with Gasteiger partial charge in [-0.25, -0.2) is 0 Å². The zero-order chi connectivity index (χ0) is 20.9. The molecule has 3 aromatic rings. The molecule has 7 heteroatoms. The van der Waals surface area contributed by atoms with Gasteiger partial charge < -0.3 is 9.64 Å². The summed E-state index contributed by atoms with van der Waals surface area (Å²) < 4.78 is 6.98. The van der Waals surface area contributed by atoms with E-state index in [1.54, 1.807) is 35.0 Å². The van der Waals surface area contributed by atoms with E-state index in [1.165, 1.54) is 6.20 Å². The number of ether oxygens (including phenoxy) is 1. The molecular formula is C23H23N3O4. The van der Waals surface area contributed by atoms with Crippen molar-refractivity contribution in [1.29, 1.82) is 0 Å². The summed E-state index contributed by atoms with van der Waals surface area (Å²) in [5.41, 5.74) is 2.03. The summed E-state index contributed by atoms with van der Waals surface area (Å²) in [5.74, 6) is -0.298. The van der Waals surface area contributed by atoms with Crippen molar-refractivity contribution in [3.8, 4) is 0 Å². The van der Waals surface area contributed by atoms with Gasteiger partial charge in [0.25, 0.3) is 5.91 Å². The van der Waals surface area contributed by atoms with Crippen molar-refractivity contribution < 1.29 is 14.3 Å². The molecule has 7 nitrogen and oxygen atoms in total. The second kappa shape index (κ2) is 8.90. The largest absolute Gasteiger partial charge is 0.461 e. The van der Waals surface area contributed by atoms with Crippen LogP contribution in [0.15, 0.2) is 59.5 Å². The number of benzene rings is 2. The number of amides is 1. The lowest BCUT2D eigenvalue weighted by Crippen LogP contribution is -2.27. The number of rotatable bonds is 6. The van der Waals surface area contributed by atoms with Gasteiger partial charge in [-0.05, 0) is 42.7 Å². The second-order valence-corrected chi connectivity index (χ2v) is 7.36. The summed E-state index contributed by atoms with van der Waals surface area (Å²) in [7, 11) is 0. The quantitative estimate of drug-likeness (QED) is 0.589. The number of carbonyl (C=O) groups is 2. The van der Waals surface area contributed by atoms with E-state index in [2.05, 4.69) is 5.10 Å². The van der Waals surface area contributed by atoms with Crippen molar-refractivity contribution in [2.75, 3.05) is 13.1 Å². The number of hydrogen-bond acceptors (Lipinski definition) is 5. The van der Waals surface area contributed by atoms with E-state index < -0.39 is 0 Å². The number of para-hydroxylation sites is 1. The Morgan fingerprint density at radius 1 is 1.00 bits per heavy atom. The number of hydrogen-bond donors (Lipinski definition) is 0. The number of aryl methyl sites for hydroxylation is 1. The summed E-state index contributed by atoms with van der Waals surface area (Å²) in [4.78, 5) is 38.3. The Hall–Kier alpha value is -3.48. The third-order valence-electron chi connectivity index (χ3n) is 5.28. The Balaban J connectivity index is 1.30. The first-order valence-corrected chi connectivity index (χ1v) is 10.1. The molecular weight excluding hydrogens is 382 g/mol. The molecule has 0 unspecified atom stereocenters. The first-order chi connectivity index (χ1) is 14.6. The smallest absolute Gasteiger partial charge is 0.308 e. The van der Waals surface area contributed by atoms with Crippen LogP contribution in [0.4, 0.5) is 0 Å². The molecule has 1 saturated heterocycles. The van der Waals surface area contributed by atoms with Crippen LogP contribution in [-0.2, 0) is 22.7 Å². The maximum absolute atomic E-state index is 12.4. The molecule has 0 radical (unpaired) electrons. The number of aromatic nitrogens is 2. The van der Waals surface area contributed by atoms with Crippen molar-refractivity contribution in [1.82, 2.24) is 14.7 Å². The fourth-order valence-corrected chi connectivity index (χ4v) is 3.62. The predicted octanol–water partition coefficient (Wildman–Crippen LogP) is 2.77. The number of nitrogens with zero attached hydrogens (tertiary/aromatic N) is 3. The van der Waals surface area contributed by atoms with Gasteiger partial charge in [0, 0.05) is 24.0 Å². The SMILES string of the molecule is O=C(CCn1ncc(=O)c2ccccc21)OCc1ccc(C(=O)N2CCCC2)cc1. The van der Waals surface area contributed by atoms with Gasteiger partial charge in [-0.3, -0.25) is 19.1 Å². The van der Waals surface area contributed by atoms with Gasteiger partial charge >= 0.3 is 5.97 Å². The molecule has 1 aliphatic heterocycles. The summed E-state index contributed by atoms with van der Waals surface area (Å²) in [6.45, 7) is 2.11. The Morgan fingerprint density at radius 2 is 1.73 bits per heavy atom. The highest BCUT2D eigenvalue weighted by atomic mass is 16.5. The van der Waals surface area contributed by atoms with E-state index in [4.69, 9.17) is 4.74 Å². The lowest BCUT2D eigenvalue weighted by Gasteiger charge is -2.15. The van der Waals surface area contributed by atoms with Gasteiger partial charge in [-0.2, -0.15) is 5.10 Å². The Kier molecular flexibility index (Phi) is 5.88. The third-order valence-corrected chi connectivity index (χ3v) is 5.28. The molecule has 0 N–H and O–H groups in total. The van der Waals surface area contributed by atoms with Crippen LogP contribution in [-0.4, -0.2) is 39.6 Å². The van der Waals surface area contributed by atoms with E-state index in [0.717, 1.165) is 31.5 Å². The van der Waals surface area contributed by atoms with E-state index >= 15 is 0 Å². The highest BCUT2D eigenvalue weighted by Crippen LogP contribution is 2.14. The molecule has 30 heavy (non-hydrogen) atoms. The van der Waals surface area contributed by atoms with Gasteiger partial charge in [-0.1, -0.05) is 24.3 Å². The summed E-state index contributed by atoms with van der Waals surface area (Å²) in [6, 6.07) is 14.4. The lowest BCUT2D eigenvalue weighted by molar-refractivity contribution is -0.145. The standard InChI is InChI=1S/C23H23N3O4/c27-21-15-24-26(20-6-2-1-5-19(20)21)14-11-22(28)30-16-17-7-9-18(10-8-17)23(29)25-12-3-4-13-25/h1-2,5-10,15H,3-4,11-14,16H2. The second-order valence-electron chi connectivity index (χ2n) is 7.36. The number of esters is 1. The molecule has 1 fully saturated rings. The summed E-state index contributed by atoms with van der Waals surface area (Å²) >= 11 is 0. The minimum absolute atomic E-state index is 0.0527. The first-order valence-electron chi connectivity index (χ1n) is 10.1. The Bertz CT molecular complexity index is 1120. The Labute approximate surface area is 173 Å². The van der Waals surface area contributed by atoms with Gasteiger partial charge in [-0.15, -0.1) is 0 Å². The van der Waals surface area contributed by atoms with Crippen LogP contribution < -0.4 is 5.43 Å². The van der Waals surface area contributed by atoms with Gasteiger partial charge in [0.1, 0.15) is 6.61 Å². The molecule has 1 amide bonds. The van der Waals surface area contributed by atoms with Crippen molar-refractivity contribution in [2.24, 2.45) is 0 Å². The number of carbonyl (C=O) groups excluding carboxylic acids is 2. The van der Waals surface area contributed by atoms with Gasteiger partial charge in [0.05, 0.1) is 24.7 Å². The van der Waals surface area contributed by atoms with Crippen LogP contribution in [0.5, 0.6) is 0 Å². The maximum Gasteiger partial charge on any atom is 0.308 e. The molecule has 2 aromatic carbocycles. The molecule has 1 aromatic heterocycles. The molecule has 1 aliphatic rings. The average Bonchev–Trinajstić information content (AvgIpc) is 3.32. The van der Waals surface area contributed by atoms with E-state index in [1.807, 2.05) is 23.1 Å². The third kappa shape index (κ3) is 4.40. The molecule has 0 aliphatic carbocycles. The van der Waals surface area contributed by atoms with Crippen LogP contribution in [0.2, 0.25) is 0 Å². The molecule has 154 valence electrons. The minimum atomic E-state index is -0.350. The zero-order valence-corrected chi connectivity index (χ0v) is 16.6. The van der Waals surface area contributed by atoms with Gasteiger partial charge in [0.15, 0.2) is 0 Å². The van der Waals surface area contributed by atoms with Crippen LogP contribution in [0.3, 0.4) is 0 Å². The van der Waals surface area contributed by atoms with Gasteiger partial charge in [0.2, 0.25) is 5.43 Å². The topological polar surface area (TPSA) is 81.5 Å². The van der Waals surface area contributed by atoms with E-state index in [9.17, 15) is 14.4 Å². The summed E-state index contributed by atoms with van der Waals surface area (Å²) in [6.07, 6.45) is 3.53. The zero-order valence-electron chi connectivity index (χ0n) is 16.6. The molecule has 0 saturated carbocycles. The predicted molar refractivity (Wildman–Crippen MR) is 112 cm³/mol. The monoisotopic (exact) mass is 405 g/mol. The first kappa shape index (κ1) is 19.8. The average molecular weight is 405 g/mol. The molecule has 4 rings (SSSR count). The van der Waals surface area contributed by atoms with Crippen molar-refractivity contribution in [2.45, 2.75) is 32.4 Å². The number of fused-ring (bicyclic) bond motifs is 1. The Morgan fingerprint density at radius 3 is 2.50 bits per heavy atom. The van der Waals surface area contributed by atoms with E-state index in [-0.39, 0.29) is 30.3 Å². The van der Waals surface area contributed by atoms with Crippen molar-refractivity contribution in [3.05, 3.63) is 76.1 Å². The van der Waals surface area contributed by atoms with Crippen molar-refractivity contribution in [3.63, 3.8) is 0 Å². The highest BCUT2D eigenvalue weighted by Gasteiger charge is 2.19. The summed E-state index contributed by atoms with van der Waals surface area (Å²) in [5, 5.41) is 4.69. The highest BCUT2D eigenvalue weighted by molar-refractivity contribution is 5.94. The minimum Gasteiger partial charge on any atom is -0.461 e. The molecule has 2 heterocycles. The molecule has 0 bridgehead atoms. The fraction of sp³-hybridized carbons (Fsp3) is 0.304. The number of likely N-dealkylation sites (tertiary alicyclic amines) is 1. The normalized spacial score (nSPS) is 13.5. The van der Waals surface area contributed by atoms with Crippen LogP contribution in [0, 0.1) is 0 Å². The maximum atomic E-state index is 12.4.